The van der Waals surface area contributed by atoms with Crippen LogP contribution in [0.3, 0.4) is 0 Å². The molecule has 0 N–H and O–H groups in total. The molecule has 1 fully saturated rings. The van der Waals surface area contributed by atoms with Crippen LogP contribution in [-0.2, 0) is 0 Å². The minimum Gasteiger partial charge on any atom is -0.334 e. The highest BCUT2D eigenvalue weighted by Gasteiger charge is 2.32. The van der Waals surface area contributed by atoms with Gasteiger partial charge in [0, 0.05) is 23.8 Å². The highest BCUT2D eigenvalue weighted by molar-refractivity contribution is 6.30. The van der Waals surface area contributed by atoms with E-state index in [1.165, 1.54) is 0 Å². The topological polar surface area (TPSA) is 33.2 Å². The molecule has 0 aliphatic heterocycles. The number of halogens is 1. The van der Waals surface area contributed by atoms with Gasteiger partial charge in [0.25, 0.3) is 5.91 Å². The Balaban J connectivity index is 2.15. The molecule has 0 spiro atoms. The third-order valence-electron chi connectivity index (χ3n) is 2.65. The molecule has 2 rings (SSSR count). The minimum atomic E-state index is 0.00634. The lowest BCUT2D eigenvalue weighted by Crippen LogP contribution is -2.34. The van der Waals surface area contributed by atoms with Crippen molar-refractivity contribution in [3.05, 3.63) is 29.0 Å². The lowest BCUT2D eigenvalue weighted by atomic mass is 10.3. The molecule has 0 radical (unpaired) electrons. The summed E-state index contributed by atoms with van der Waals surface area (Å²) in [6, 6.07) is 3.74. The van der Waals surface area contributed by atoms with Crippen molar-refractivity contribution in [3.63, 3.8) is 0 Å². The lowest BCUT2D eigenvalue weighted by molar-refractivity contribution is 0.0737. The van der Waals surface area contributed by atoms with Gasteiger partial charge < -0.3 is 4.90 Å². The zero-order valence-corrected chi connectivity index (χ0v) is 10.1. The standard InChI is InChI=1S/C12H15ClN2O/c1-2-7-15(10-3-4-10)12(16)11-8-9(13)5-6-14-11/h5-6,8,10H,2-4,7H2,1H3. The fraction of sp³-hybridized carbons (Fsp3) is 0.500. The second-order valence-corrected chi connectivity index (χ2v) is 4.53. The molecule has 1 saturated carbocycles. The molecular formula is C12H15ClN2O. The van der Waals surface area contributed by atoms with Crippen LogP contribution in [0.15, 0.2) is 18.3 Å². The molecule has 16 heavy (non-hydrogen) atoms. The number of aromatic nitrogens is 1. The van der Waals surface area contributed by atoms with Crippen molar-refractivity contribution in [3.8, 4) is 0 Å². The van der Waals surface area contributed by atoms with Crippen molar-refractivity contribution in [2.45, 2.75) is 32.2 Å². The van der Waals surface area contributed by atoms with E-state index in [0.717, 1.165) is 25.8 Å². The lowest BCUT2D eigenvalue weighted by Gasteiger charge is -2.21. The Bertz CT molecular complexity index is 390. The van der Waals surface area contributed by atoms with Crippen LogP contribution in [0.25, 0.3) is 0 Å². The number of nitrogens with zero attached hydrogens (tertiary/aromatic N) is 2. The summed E-state index contributed by atoms with van der Waals surface area (Å²) in [4.78, 5) is 18.2. The van der Waals surface area contributed by atoms with E-state index in [9.17, 15) is 4.79 Å². The Morgan fingerprint density at radius 2 is 2.38 bits per heavy atom. The quantitative estimate of drug-likeness (QED) is 0.808. The maximum Gasteiger partial charge on any atom is 0.272 e. The van der Waals surface area contributed by atoms with Crippen LogP contribution in [0, 0.1) is 0 Å². The number of carbonyl (C=O) groups is 1. The average molecular weight is 239 g/mol. The Hall–Kier alpha value is -1.09. The summed E-state index contributed by atoms with van der Waals surface area (Å²) >= 11 is 5.86. The van der Waals surface area contributed by atoms with E-state index in [1.807, 2.05) is 4.90 Å². The summed E-state index contributed by atoms with van der Waals surface area (Å²) in [5.74, 6) is 0.00634. The predicted molar refractivity (Wildman–Crippen MR) is 63.6 cm³/mol. The first kappa shape index (κ1) is 11.4. The molecule has 0 bridgehead atoms. The van der Waals surface area contributed by atoms with Crippen molar-refractivity contribution in [1.29, 1.82) is 0 Å². The van der Waals surface area contributed by atoms with Crippen molar-refractivity contribution in [2.75, 3.05) is 6.54 Å². The Labute approximate surface area is 100 Å². The first-order valence-electron chi connectivity index (χ1n) is 5.65. The van der Waals surface area contributed by atoms with Gasteiger partial charge in [-0.1, -0.05) is 18.5 Å². The molecular weight excluding hydrogens is 224 g/mol. The molecule has 1 heterocycles. The normalized spacial score (nSPS) is 14.9. The fourth-order valence-electron chi connectivity index (χ4n) is 1.75. The molecule has 0 saturated heterocycles. The summed E-state index contributed by atoms with van der Waals surface area (Å²) in [5.41, 5.74) is 0.452. The molecule has 1 aromatic rings. The molecule has 0 atom stereocenters. The zero-order chi connectivity index (χ0) is 11.5. The van der Waals surface area contributed by atoms with Crippen LogP contribution < -0.4 is 0 Å². The van der Waals surface area contributed by atoms with E-state index >= 15 is 0 Å². The van der Waals surface area contributed by atoms with Crippen molar-refractivity contribution < 1.29 is 4.79 Å². The third kappa shape index (κ3) is 2.53. The van der Waals surface area contributed by atoms with Crippen LogP contribution in [-0.4, -0.2) is 28.4 Å². The van der Waals surface area contributed by atoms with Gasteiger partial charge in [-0.2, -0.15) is 0 Å². The van der Waals surface area contributed by atoms with Crippen molar-refractivity contribution >= 4 is 17.5 Å². The molecule has 1 aliphatic carbocycles. The molecule has 3 nitrogen and oxygen atoms in total. The van der Waals surface area contributed by atoms with Gasteiger partial charge in [0.2, 0.25) is 0 Å². The van der Waals surface area contributed by atoms with Gasteiger partial charge in [-0.25, -0.2) is 0 Å². The largest absolute Gasteiger partial charge is 0.334 e. The summed E-state index contributed by atoms with van der Waals surface area (Å²) in [6.07, 6.45) is 4.79. The zero-order valence-electron chi connectivity index (χ0n) is 9.32. The van der Waals surface area contributed by atoms with Crippen LogP contribution in [0.2, 0.25) is 5.02 Å². The van der Waals surface area contributed by atoms with Gasteiger partial charge in [-0.05, 0) is 31.4 Å². The maximum absolute atomic E-state index is 12.2. The third-order valence-corrected chi connectivity index (χ3v) is 2.89. The summed E-state index contributed by atoms with van der Waals surface area (Å²) < 4.78 is 0. The van der Waals surface area contributed by atoms with Gasteiger partial charge in [-0.3, -0.25) is 9.78 Å². The first-order valence-corrected chi connectivity index (χ1v) is 6.02. The highest BCUT2D eigenvalue weighted by atomic mass is 35.5. The van der Waals surface area contributed by atoms with E-state index in [0.29, 0.717) is 16.8 Å². The van der Waals surface area contributed by atoms with Crippen LogP contribution in [0.5, 0.6) is 0 Å². The number of hydrogen-bond acceptors (Lipinski definition) is 2. The Kier molecular flexibility index (Phi) is 3.44. The van der Waals surface area contributed by atoms with E-state index < -0.39 is 0 Å². The predicted octanol–water partition coefficient (Wildman–Crippen LogP) is 2.75. The second-order valence-electron chi connectivity index (χ2n) is 4.09. The highest BCUT2D eigenvalue weighted by Crippen LogP contribution is 2.28. The van der Waals surface area contributed by atoms with E-state index in [1.54, 1.807) is 18.3 Å². The van der Waals surface area contributed by atoms with E-state index in [2.05, 4.69) is 11.9 Å². The van der Waals surface area contributed by atoms with Gasteiger partial charge in [0.1, 0.15) is 5.69 Å². The number of hydrogen-bond donors (Lipinski definition) is 0. The average Bonchev–Trinajstić information content (AvgIpc) is 3.09. The summed E-state index contributed by atoms with van der Waals surface area (Å²) in [7, 11) is 0. The molecule has 0 aromatic carbocycles. The van der Waals surface area contributed by atoms with Gasteiger partial charge >= 0.3 is 0 Å². The molecule has 1 aromatic heterocycles. The molecule has 86 valence electrons. The molecule has 0 unspecified atom stereocenters. The number of pyridine rings is 1. The van der Waals surface area contributed by atoms with Crippen LogP contribution >= 0.6 is 11.6 Å². The molecule has 1 amide bonds. The van der Waals surface area contributed by atoms with Gasteiger partial charge in [-0.15, -0.1) is 0 Å². The minimum absolute atomic E-state index is 0.00634. The Morgan fingerprint density at radius 3 is 2.94 bits per heavy atom. The first-order chi connectivity index (χ1) is 7.72. The smallest absolute Gasteiger partial charge is 0.272 e. The Morgan fingerprint density at radius 1 is 1.62 bits per heavy atom. The monoisotopic (exact) mass is 238 g/mol. The van der Waals surface area contributed by atoms with Gasteiger partial charge in [0.15, 0.2) is 0 Å². The van der Waals surface area contributed by atoms with Crippen molar-refractivity contribution in [2.24, 2.45) is 0 Å². The van der Waals surface area contributed by atoms with E-state index in [-0.39, 0.29) is 5.91 Å². The SMILES string of the molecule is CCCN(C(=O)c1cc(Cl)ccn1)C1CC1. The number of carbonyl (C=O) groups excluding carboxylic acids is 1. The summed E-state index contributed by atoms with van der Waals surface area (Å²) in [6.45, 7) is 2.88. The maximum atomic E-state index is 12.2. The van der Waals surface area contributed by atoms with Crippen LogP contribution in [0.4, 0.5) is 0 Å². The molecule has 4 heteroatoms. The fourth-order valence-corrected chi connectivity index (χ4v) is 1.91. The molecule has 1 aliphatic rings. The van der Waals surface area contributed by atoms with E-state index in [4.69, 9.17) is 11.6 Å². The van der Waals surface area contributed by atoms with Crippen molar-refractivity contribution in [1.82, 2.24) is 9.88 Å². The number of rotatable bonds is 4. The van der Waals surface area contributed by atoms with Gasteiger partial charge in [0.05, 0.1) is 0 Å². The van der Waals surface area contributed by atoms with Crippen LogP contribution in [0.1, 0.15) is 36.7 Å². The number of amides is 1. The summed E-state index contributed by atoms with van der Waals surface area (Å²) in [5, 5.41) is 0.561. The second kappa shape index (κ2) is 4.83.